The van der Waals surface area contributed by atoms with Crippen LogP contribution in [-0.4, -0.2) is 10.7 Å². The van der Waals surface area contributed by atoms with E-state index in [9.17, 15) is 4.79 Å². The smallest absolute Gasteiger partial charge is 0.152 e. The Balaban J connectivity index is 1.76. The lowest BCUT2D eigenvalue weighted by atomic mass is 10.0. The SMILES string of the molecule is O=Cc1ccc(Nc2nsc3c(-c4ccccc4)cccc23)c(Cl)c1. The van der Waals surface area contributed by atoms with Crippen LogP contribution in [0, 0.1) is 0 Å². The molecule has 0 fully saturated rings. The van der Waals surface area contributed by atoms with Gasteiger partial charge >= 0.3 is 0 Å². The van der Waals surface area contributed by atoms with Crippen molar-refractivity contribution in [3.8, 4) is 11.1 Å². The number of nitrogens with zero attached hydrogens (tertiary/aromatic N) is 1. The van der Waals surface area contributed by atoms with Gasteiger partial charge in [-0.25, -0.2) is 0 Å². The molecule has 0 atom stereocenters. The lowest BCUT2D eigenvalue weighted by molar-refractivity contribution is 0.112. The summed E-state index contributed by atoms with van der Waals surface area (Å²) in [6.07, 6.45) is 0.778. The van der Waals surface area contributed by atoms with E-state index in [1.165, 1.54) is 11.5 Å². The molecule has 122 valence electrons. The van der Waals surface area contributed by atoms with Crippen molar-refractivity contribution in [2.24, 2.45) is 0 Å². The molecule has 3 aromatic carbocycles. The maximum Gasteiger partial charge on any atom is 0.152 e. The summed E-state index contributed by atoms with van der Waals surface area (Å²) < 4.78 is 5.68. The van der Waals surface area contributed by atoms with E-state index in [0.717, 1.165) is 39.0 Å². The summed E-state index contributed by atoms with van der Waals surface area (Å²) in [5.41, 5.74) is 3.59. The lowest BCUT2D eigenvalue weighted by Gasteiger charge is -2.07. The van der Waals surface area contributed by atoms with Gasteiger partial charge < -0.3 is 5.32 Å². The number of hydrogen-bond donors (Lipinski definition) is 1. The van der Waals surface area contributed by atoms with Crippen LogP contribution in [-0.2, 0) is 0 Å². The predicted octanol–water partition coefficient (Wildman–Crippen LogP) is 6.17. The van der Waals surface area contributed by atoms with E-state index in [4.69, 9.17) is 11.6 Å². The number of hydrogen-bond acceptors (Lipinski definition) is 4. The number of carbonyl (C=O) groups excluding carboxylic acids is 1. The number of rotatable bonds is 4. The van der Waals surface area contributed by atoms with Crippen LogP contribution < -0.4 is 5.32 Å². The van der Waals surface area contributed by atoms with Crippen molar-refractivity contribution in [1.29, 1.82) is 0 Å². The van der Waals surface area contributed by atoms with Crippen molar-refractivity contribution in [3.05, 3.63) is 77.3 Å². The standard InChI is InChI=1S/C20H13ClN2OS/c21-17-11-13(12-24)9-10-18(17)22-20-16-8-4-7-15(19(16)25-23-20)14-5-2-1-3-6-14/h1-12H,(H,22,23). The third kappa shape index (κ3) is 3.02. The number of nitrogens with one attached hydrogen (secondary N) is 1. The molecule has 3 nitrogen and oxygen atoms in total. The third-order valence-electron chi connectivity index (χ3n) is 3.97. The highest BCUT2D eigenvalue weighted by molar-refractivity contribution is 7.14. The molecule has 0 saturated heterocycles. The largest absolute Gasteiger partial charge is 0.338 e. The average Bonchev–Trinajstić information content (AvgIpc) is 3.07. The van der Waals surface area contributed by atoms with Crippen LogP contribution in [0.4, 0.5) is 11.5 Å². The zero-order valence-corrected chi connectivity index (χ0v) is 14.6. The van der Waals surface area contributed by atoms with Gasteiger partial charge in [-0.1, -0.05) is 54.1 Å². The summed E-state index contributed by atoms with van der Waals surface area (Å²) in [5, 5.41) is 4.81. The van der Waals surface area contributed by atoms with E-state index in [1.54, 1.807) is 18.2 Å². The number of anilines is 2. The fraction of sp³-hybridized carbons (Fsp3) is 0. The Kier molecular flexibility index (Phi) is 4.22. The summed E-state index contributed by atoms with van der Waals surface area (Å²) >= 11 is 7.71. The fourth-order valence-electron chi connectivity index (χ4n) is 2.73. The Morgan fingerprint density at radius 2 is 1.84 bits per heavy atom. The molecule has 1 heterocycles. The minimum absolute atomic E-state index is 0.491. The monoisotopic (exact) mass is 364 g/mol. The van der Waals surface area contributed by atoms with Crippen molar-refractivity contribution >= 4 is 51.0 Å². The van der Waals surface area contributed by atoms with Crippen LogP contribution in [0.1, 0.15) is 10.4 Å². The Hall–Kier alpha value is -2.69. The second-order valence-electron chi connectivity index (χ2n) is 5.56. The number of aldehydes is 1. The first-order valence-electron chi connectivity index (χ1n) is 7.72. The fourth-order valence-corrected chi connectivity index (χ4v) is 3.84. The van der Waals surface area contributed by atoms with Crippen molar-refractivity contribution in [2.75, 3.05) is 5.32 Å². The van der Waals surface area contributed by atoms with E-state index < -0.39 is 0 Å². The summed E-state index contributed by atoms with van der Waals surface area (Å²) in [4.78, 5) is 10.8. The average molecular weight is 365 g/mol. The number of benzene rings is 3. The molecular formula is C20H13ClN2OS. The molecule has 25 heavy (non-hydrogen) atoms. The van der Waals surface area contributed by atoms with E-state index in [2.05, 4.69) is 27.9 Å². The van der Waals surface area contributed by atoms with Gasteiger partial charge in [0.05, 0.1) is 15.4 Å². The van der Waals surface area contributed by atoms with Gasteiger partial charge in [0.2, 0.25) is 0 Å². The lowest BCUT2D eigenvalue weighted by Crippen LogP contribution is -1.93. The molecule has 0 amide bonds. The maximum absolute atomic E-state index is 10.8. The normalized spacial score (nSPS) is 10.8. The van der Waals surface area contributed by atoms with Crippen LogP contribution in [0.3, 0.4) is 0 Å². The first-order valence-corrected chi connectivity index (χ1v) is 8.87. The van der Waals surface area contributed by atoms with Gasteiger partial charge in [-0.05, 0) is 41.4 Å². The third-order valence-corrected chi connectivity index (χ3v) is 5.17. The molecule has 1 N–H and O–H groups in total. The Bertz CT molecular complexity index is 1060. The number of aromatic nitrogens is 1. The molecule has 4 rings (SSSR count). The Labute approximate surface area is 154 Å². The minimum Gasteiger partial charge on any atom is -0.338 e. The first-order chi connectivity index (χ1) is 12.3. The van der Waals surface area contributed by atoms with Crippen LogP contribution in [0.2, 0.25) is 5.02 Å². The van der Waals surface area contributed by atoms with Crippen LogP contribution in [0.15, 0.2) is 66.7 Å². The van der Waals surface area contributed by atoms with Crippen molar-refractivity contribution in [1.82, 2.24) is 4.37 Å². The molecule has 0 spiro atoms. The number of fused-ring (bicyclic) bond motifs is 1. The Morgan fingerprint density at radius 1 is 1.00 bits per heavy atom. The summed E-state index contributed by atoms with van der Waals surface area (Å²) in [6, 6.07) is 21.6. The first kappa shape index (κ1) is 15.8. The zero-order chi connectivity index (χ0) is 17.2. The minimum atomic E-state index is 0.491. The summed E-state index contributed by atoms with van der Waals surface area (Å²) in [6.45, 7) is 0. The molecule has 0 bridgehead atoms. The molecule has 0 saturated carbocycles. The van der Waals surface area contributed by atoms with Gasteiger partial charge in [0.1, 0.15) is 6.29 Å². The number of carbonyl (C=O) groups is 1. The molecule has 0 unspecified atom stereocenters. The number of halogens is 1. The van der Waals surface area contributed by atoms with E-state index in [0.29, 0.717) is 10.6 Å². The molecule has 0 aliphatic carbocycles. The molecule has 1 aromatic heterocycles. The topological polar surface area (TPSA) is 42.0 Å². The molecule has 0 aliphatic rings. The van der Waals surface area contributed by atoms with E-state index in [1.807, 2.05) is 30.3 Å². The molecule has 0 aliphatic heterocycles. The van der Waals surface area contributed by atoms with Crippen molar-refractivity contribution in [3.63, 3.8) is 0 Å². The summed E-state index contributed by atoms with van der Waals surface area (Å²) in [7, 11) is 0. The van der Waals surface area contributed by atoms with Crippen LogP contribution >= 0.6 is 23.1 Å². The van der Waals surface area contributed by atoms with Gasteiger partial charge in [-0.2, -0.15) is 4.37 Å². The van der Waals surface area contributed by atoms with Crippen molar-refractivity contribution in [2.45, 2.75) is 0 Å². The summed E-state index contributed by atoms with van der Waals surface area (Å²) in [5.74, 6) is 0.763. The molecule has 0 radical (unpaired) electrons. The second kappa shape index (κ2) is 6.67. The molecule has 4 aromatic rings. The molecule has 5 heteroatoms. The zero-order valence-electron chi connectivity index (χ0n) is 13.1. The predicted molar refractivity (Wildman–Crippen MR) is 105 cm³/mol. The van der Waals surface area contributed by atoms with Crippen LogP contribution in [0.25, 0.3) is 21.2 Å². The quantitative estimate of drug-likeness (QED) is 0.440. The highest BCUT2D eigenvalue weighted by Crippen LogP contribution is 2.37. The van der Waals surface area contributed by atoms with Gasteiger partial charge in [-0.15, -0.1) is 0 Å². The van der Waals surface area contributed by atoms with Gasteiger partial charge in [0, 0.05) is 16.5 Å². The van der Waals surface area contributed by atoms with Crippen molar-refractivity contribution < 1.29 is 4.79 Å². The maximum atomic E-state index is 10.8. The molecular weight excluding hydrogens is 352 g/mol. The van der Waals surface area contributed by atoms with Gasteiger partial charge in [0.15, 0.2) is 5.82 Å². The van der Waals surface area contributed by atoms with E-state index >= 15 is 0 Å². The van der Waals surface area contributed by atoms with Gasteiger partial charge in [-0.3, -0.25) is 4.79 Å². The van der Waals surface area contributed by atoms with E-state index in [-0.39, 0.29) is 0 Å². The highest BCUT2D eigenvalue weighted by atomic mass is 35.5. The highest BCUT2D eigenvalue weighted by Gasteiger charge is 2.12. The van der Waals surface area contributed by atoms with Gasteiger partial charge in [0.25, 0.3) is 0 Å². The Morgan fingerprint density at radius 3 is 2.60 bits per heavy atom. The second-order valence-corrected chi connectivity index (χ2v) is 6.74. The van der Waals surface area contributed by atoms with Crippen LogP contribution in [0.5, 0.6) is 0 Å².